The Balaban J connectivity index is 1.83. The second kappa shape index (κ2) is 11.5. The van der Waals surface area contributed by atoms with Gasteiger partial charge in [-0.15, -0.1) is 0 Å². The lowest BCUT2D eigenvalue weighted by molar-refractivity contribution is -0.203. The van der Waals surface area contributed by atoms with Gasteiger partial charge in [-0.25, -0.2) is 16.8 Å². The summed E-state index contributed by atoms with van der Waals surface area (Å²) in [5.41, 5.74) is -1.45. The van der Waals surface area contributed by atoms with Crippen LogP contribution in [0, 0.1) is 23.2 Å². The number of ether oxygens (including phenoxy) is 4. The highest BCUT2D eigenvalue weighted by molar-refractivity contribution is 8.10. The van der Waals surface area contributed by atoms with Crippen molar-refractivity contribution in [3.05, 3.63) is 85.0 Å². The summed E-state index contributed by atoms with van der Waals surface area (Å²) >= 11 is 0. The quantitative estimate of drug-likeness (QED) is 0.178. The number of methoxy groups -OCH3 is 2. The topological polar surface area (TPSA) is 156 Å². The lowest BCUT2D eigenvalue weighted by atomic mass is 9.71. The monoisotopic (exact) mass is 658 g/mol. The number of esters is 3. The first-order valence-corrected chi connectivity index (χ1v) is 17.1. The molecule has 0 amide bonds. The molecule has 3 aliphatic rings. The fraction of sp³-hybridized carbons (Fsp3) is 0.406. The third-order valence-electron chi connectivity index (χ3n) is 9.30. The number of hydrogen-bond acceptors (Lipinski definition) is 11. The van der Waals surface area contributed by atoms with Gasteiger partial charge in [-0.3, -0.25) is 14.4 Å². The second-order valence-corrected chi connectivity index (χ2v) is 16.2. The molecule has 13 heteroatoms. The Morgan fingerprint density at radius 2 is 1.27 bits per heavy atom. The molecule has 0 N–H and O–H groups in total. The molecule has 5 rings (SSSR count). The van der Waals surface area contributed by atoms with Crippen LogP contribution in [0.5, 0.6) is 0 Å². The van der Waals surface area contributed by atoms with Crippen molar-refractivity contribution in [1.82, 2.24) is 0 Å². The van der Waals surface area contributed by atoms with Crippen LogP contribution in [0.4, 0.5) is 0 Å². The normalized spacial score (nSPS) is 26.8. The van der Waals surface area contributed by atoms with Gasteiger partial charge in [-0.2, -0.15) is 0 Å². The molecule has 45 heavy (non-hydrogen) atoms. The summed E-state index contributed by atoms with van der Waals surface area (Å²) in [6.07, 6.45) is -3.55. The zero-order valence-electron chi connectivity index (χ0n) is 25.0. The van der Waals surface area contributed by atoms with E-state index in [0.29, 0.717) is 5.57 Å². The molecule has 2 aromatic rings. The van der Waals surface area contributed by atoms with Crippen molar-refractivity contribution < 1.29 is 50.2 Å². The molecule has 1 saturated heterocycles. The minimum atomic E-state index is -4.78. The number of benzene rings is 2. The van der Waals surface area contributed by atoms with Crippen LogP contribution >= 0.6 is 0 Å². The molecule has 0 unspecified atom stereocenters. The summed E-state index contributed by atoms with van der Waals surface area (Å²) in [6.45, 7) is 8.87. The van der Waals surface area contributed by atoms with Crippen LogP contribution < -0.4 is 0 Å². The number of carbonyl (C=O) groups excluding carboxylic acids is 3. The molecule has 0 bridgehead atoms. The molecule has 240 valence electrons. The van der Waals surface area contributed by atoms with Crippen molar-refractivity contribution in [3.8, 4) is 0 Å². The Morgan fingerprint density at radius 3 is 1.71 bits per heavy atom. The van der Waals surface area contributed by atoms with Gasteiger partial charge < -0.3 is 18.9 Å². The first-order chi connectivity index (χ1) is 21.2. The molecule has 1 heterocycles. The maximum absolute atomic E-state index is 14.9. The van der Waals surface area contributed by atoms with Crippen molar-refractivity contribution in [2.45, 2.75) is 45.8 Å². The Morgan fingerprint density at radius 1 is 0.800 bits per heavy atom. The van der Waals surface area contributed by atoms with Gasteiger partial charge in [0.1, 0.15) is 6.61 Å². The van der Waals surface area contributed by atoms with Gasteiger partial charge >= 0.3 is 17.9 Å². The average Bonchev–Trinajstić information content (AvgIpc) is 3.52. The van der Waals surface area contributed by atoms with E-state index in [1.807, 2.05) is 0 Å². The van der Waals surface area contributed by atoms with Crippen LogP contribution in [0.3, 0.4) is 0 Å². The predicted molar refractivity (Wildman–Crippen MR) is 160 cm³/mol. The molecule has 11 nitrogen and oxygen atoms in total. The number of rotatable bonds is 8. The first kappa shape index (κ1) is 32.6. The fourth-order valence-corrected chi connectivity index (χ4v) is 13.2. The molecular weight excluding hydrogens is 624 g/mol. The van der Waals surface area contributed by atoms with E-state index in [9.17, 15) is 31.2 Å². The van der Waals surface area contributed by atoms with Crippen molar-refractivity contribution >= 4 is 37.6 Å². The molecule has 2 saturated carbocycles. The van der Waals surface area contributed by atoms with E-state index in [-0.39, 0.29) is 21.8 Å². The Hall–Kier alpha value is -3.81. The van der Waals surface area contributed by atoms with Gasteiger partial charge in [0, 0.05) is 25.2 Å². The standard InChI is InChI=1S/C32H34O11S2/c1-19-16-31(29(34)40-4,30(35)41-5)28-26(19)25-20(2)17-32(27(25)24(43-28)18-42-21(3)33,44(36,37)22-12-8-6-9-13-22)45(38,39)23-14-10-7-11-15-23/h6-15,24-28H,1-2,16-18H2,3-5H3/t24-,25+,26-,27-,28+/m1/s1. The van der Waals surface area contributed by atoms with E-state index in [2.05, 4.69) is 13.2 Å². The summed E-state index contributed by atoms with van der Waals surface area (Å²) in [5.74, 6) is -5.99. The molecule has 5 atom stereocenters. The Labute approximate surface area is 262 Å². The number of allylic oxidation sites excluding steroid dienone is 1. The maximum Gasteiger partial charge on any atom is 0.326 e. The highest BCUT2D eigenvalue weighted by Crippen LogP contribution is 2.66. The zero-order valence-corrected chi connectivity index (χ0v) is 26.6. The van der Waals surface area contributed by atoms with E-state index in [1.54, 1.807) is 12.1 Å². The SMILES string of the molecule is C=C1CC(C(=O)OC)(C(=O)OC)[C@H]2O[C@H](COC(C)=O)[C@@H]3[C@@H](C(=C)CC3(S(=O)(=O)c3ccccc3)S(=O)(=O)c3ccccc3)[C@@H]12. The fourth-order valence-electron chi connectivity index (χ4n) is 7.54. The van der Waals surface area contributed by atoms with E-state index in [0.717, 1.165) is 21.1 Å². The first-order valence-electron chi connectivity index (χ1n) is 14.1. The van der Waals surface area contributed by atoms with E-state index in [4.69, 9.17) is 18.9 Å². The van der Waals surface area contributed by atoms with Gasteiger partial charge in [0.25, 0.3) is 0 Å². The molecule has 0 radical (unpaired) electrons. The lowest BCUT2D eigenvalue weighted by Gasteiger charge is -2.48. The van der Waals surface area contributed by atoms with Gasteiger partial charge in [0.15, 0.2) is 29.2 Å². The number of fused-ring (bicyclic) bond motifs is 3. The van der Waals surface area contributed by atoms with Crippen LogP contribution in [0.15, 0.2) is 94.8 Å². The van der Waals surface area contributed by atoms with Gasteiger partial charge in [0.2, 0.25) is 0 Å². The largest absolute Gasteiger partial charge is 0.468 e. The summed E-state index contributed by atoms with van der Waals surface area (Å²) in [5, 5.41) is 0. The molecule has 1 aliphatic heterocycles. The zero-order chi connectivity index (χ0) is 32.9. The third-order valence-corrected chi connectivity index (χ3v) is 15.1. The molecule has 2 aliphatic carbocycles. The number of hydrogen-bond donors (Lipinski definition) is 0. The van der Waals surface area contributed by atoms with Crippen molar-refractivity contribution in [2.75, 3.05) is 20.8 Å². The van der Waals surface area contributed by atoms with Crippen molar-refractivity contribution in [3.63, 3.8) is 0 Å². The summed E-state index contributed by atoms with van der Waals surface area (Å²) in [4.78, 5) is 38.3. The van der Waals surface area contributed by atoms with Gasteiger partial charge in [0.05, 0.1) is 36.2 Å². The third kappa shape index (κ3) is 4.58. The molecule has 2 aromatic carbocycles. The second-order valence-electron chi connectivity index (χ2n) is 11.5. The van der Waals surface area contributed by atoms with E-state index >= 15 is 0 Å². The molecule has 0 aromatic heterocycles. The highest BCUT2D eigenvalue weighted by Gasteiger charge is 2.76. The van der Waals surface area contributed by atoms with E-state index < -0.39 is 90.1 Å². The summed E-state index contributed by atoms with van der Waals surface area (Å²) in [6, 6.07) is 14.4. The maximum atomic E-state index is 14.9. The van der Waals surface area contributed by atoms with Crippen LogP contribution in [0.1, 0.15) is 19.8 Å². The van der Waals surface area contributed by atoms with Crippen LogP contribution in [0.25, 0.3) is 0 Å². The van der Waals surface area contributed by atoms with Crippen molar-refractivity contribution in [2.24, 2.45) is 23.2 Å². The predicted octanol–water partition coefficient (Wildman–Crippen LogP) is 3.06. The summed E-state index contributed by atoms with van der Waals surface area (Å²) < 4.78 is 78.9. The summed E-state index contributed by atoms with van der Waals surface area (Å²) in [7, 11) is -7.36. The van der Waals surface area contributed by atoms with Crippen LogP contribution in [-0.2, 0) is 53.0 Å². The number of carbonyl (C=O) groups is 3. The van der Waals surface area contributed by atoms with Gasteiger partial charge in [-0.05, 0) is 36.6 Å². The highest BCUT2D eigenvalue weighted by atomic mass is 32.3. The Kier molecular flexibility index (Phi) is 8.34. The molecule has 3 fully saturated rings. The van der Waals surface area contributed by atoms with E-state index in [1.165, 1.54) is 48.5 Å². The average molecular weight is 659 g/mol. The molecular formula is C32H34O11S2. The van der Waals surface area contributed by atoms with Gasteiger partial charge in [-0.1, -0.05) is 60.7 Å². The number of sulfone groups is 2. The lowest BCUT2D eigenvalue weighted by Crippen LogP contribution is -2.62. The van der Waals surface area contributed by atoms with Crippen molar-refractivity contribution in [1.29, 1.82) is 0 Å². The minimum absolute atomic E-state index is 0.241. The van der Waals surface area contributed by atoms with Crippen LogP contribution in [-0.4, -0.2) is 71.9 Å². The minimum Gasteiger partial charge on any atom is -0.468 e. The molecule has 0 spiro atoms. The Bertz CT molecular complexity index is 1680. The van der Waals surface area contributed by atoms with Crippen LogP contribution in [0.2, 0.25) is 0 Å². The smallest absolute Gasteiger partial charge is 0.326 e.